The van der Waals surface area contributed by atoms with E-state index in [2.05, 4.69) is 4.98 Å². The molecular weight excluding hydrogens is 363 g/mol. The average Bonchev–Trinajstić information content (AvgIpc) is 2.93. The molecule has 2 heterocycles. The number of carbonyl (C=O) groups excluding carboxylic acids is 1. The van der Waals surface area contributed by atoms with Gasteiger partial charge in [-0.15, -0.1) is 0 Å². The summed E-state index contributed by atoms with van der Waals surface area (Å²) in [5.74, 6) is 0.0926. The summed E-state index contributed by atoms with van der Waals surface area (Å²) in [4.78, 5) is 16.2. The van der Waals surface area contributed by atoms with Crippen LogP contribution < -0.4 is 4.74 Å². The number of carbonyl (C=O) groups is 1. The van der Waals surface area contributed by atoms with Gasteiger partial charge in [-0.25, -0.2) is 9.78 Å². The zero-order chi connectivity index (χ0) is 17.8. The predicted octanol–water partition coefficient (Wildman–Crippen LogP) is 4.41. The van der Waals surface area contributed by atoms with Crippen LogP contribution >= 0.6 is 23.2 Å². The van der Waals surface area contributed by atoms with Crippen LogP contribution in [0.5, 0.6) is 5.75 Å². The molecule has 3 aromatic rings. The number of imidazole rings is 1. The number of aromatic nitrogens is 2. The molecule has 0 amide bonds. The number of nitrogens with zero attached hydrogens (tertiary/aromatic N) is 2. The summed E-state index contributed by atoms with van der Waals surface area (Å²) in [5.41, 5.74) is 1.99. The Bertz CT molecular complexity index is 951. The molecule has 1 aromatic carbocycles. The summed E-state index contributed by atoms with van der Waals surface area (Å²) in [5, 5.41) is 0.853. The molecule has 0 aliphatic heterocycles. The monoisotopic (exact) mass is 376 g/mol. The number of hydrogen-bond donors (Lipinski definition) is 0. The van der Waals surface area contributed by atoms with Gasteiger partial charge in [0.15, 0.2) is 5.15 Å². The number of rotatable bonds is 5. The van der Waals surface area contributed by atoms with Gasteiger partial charge in [0.2, 0.25) is 0 Å². The molecule has 0 radical (unpaired) electrons. The fourth-order valence-electron chi connectivity index (χ4n) is 2.34. The van der Waals surface area contributed by atoms with E-state index in [4.69, 9.17) is 32.7 Å². The van der Waals surface area contributed by atoms with Crippen molar-refractivity contribution in [2.75, 3.05) is 7.11 Å². The van der Waals surface area contributed by atoms with E-state index in [1.807, 2.05) is 24.4 Å². The van der Waals surface area contributed by atoms with Crippen molar-refractivity contribution in [3.63, 3.8) is 0 Å². The molecule has 0 spiro atoms. The molecular formula is C18H14Cl2N2O3. The molecule has 128 valence electrons. The normalized spacial score (nSPS) is 11.2. The fraction of sp³-hybridized carbons (Fsp3) is 0.111. The van der Waals surface area contributed by atoms with E-state index in [0.29, 0.717) is 32.8 Å². The highest BCUT2D eigenvalue weighted by atomic mass is 35.5. The highest BCUT2D eigenvalue weighted by molar-refractivity contribution is 6.31. The van der Waals surface area contributed by atoms with E-state index in [-0.39, 0.29) is 6.61 Å². The van der Waals surface area contributed by atoms with Gasteiger partial charge in [0.1, 0.15) is 18.0 Å². The Labute approximate surface area is 154 Å². The number of halogens is 2. The number of benzene rings is 1. The lowest BCUT2D eigenvalue weighted by Gasteiger charge is -2.08. The smallest absolute Gasteiger partial charge is 0.331 e. The van der Waals surface area contributed by atoms with Crippen molar-refractivity contribution < 1.29 is 14.3 Å². The Hall–Kier alpha value is -2.50. The number of methoxy groups -OCH3 is 1. The van der Waals surface area contributed by atoms with Crippen molar-refractivity contribution >= 4 is 40.9 Å². The first-order valence-electron chi connectivity index (χ1n) is 7.38. The number of fused-ring (bicyclic) bond motifs is 1. The number of pyridine rings is 1. The molecule has 0 atom stereocenters. The molecule has 0 saturated heterocycles. The summed E-state index contributed by atoms with van der Waals surface area (Å²) < 4.78 is 12.2. The molecule has 0 aliphatic carbocycles. The van der Waals surface area contributed by atoms with E-state index in [1.54, 1.807) is 35.8 Å². The van der Waals surface area contributed by atoms with Crippen LogP contribution in [0.4, 0.5) is 0 Å². The maximum absolute atomic E-state index is 12.0. The van der Waals surface area contributed by atoms with E-state index < -0.39 is 5.97 Å². The van der Waals surface area contributed by atoms with Crippen LogP contribution in [0.3, 0.4) is 0 Å². The zero-order valence-electron chi connectivity index (χ0n) is 13.3. The second-order valence-corrected chi connectivity index (χ2v) is 5.91. The minimum atomic E-state index is -0.510. The minimum Gasteiger partial charge on any atom is -0.496 e. The molecule has 0 saturated carbocycles. The Morgan fingerprint density at radius 3 is 2.92 bits per heavy atom. The van der Waals surface area contributed by atoms with Crippen LogP contribution in [0.2, 0.25) is 10.2 Å². The van der Waals surface area contributed by atoms with Gasteiger partial charge in [0, 0.05) is 22.9 Å². The van der Waals surface area contributed by atoms with Crippen LogP contribution in [-0.4, -0.2) is 22.5 Å². The van der Waals surface area contributed by atoms with Crippen LogP contribution in [0.25, 0.3) is 11.7 Å². The maximum Gasteiger partial charge on any atom is 0.331 e. The minimum absolute atomic E-state index is 0.0494. The van der Waals surface area contributed by atoms with Crippen LogP contribution in [0.1, 0.15) is 11.3 Å². The molecule has 0 unspecified atom stereocenters. The molecule has 2 aromatic heterocycles. The van der Waals surface area contributed by atoms with E-state index >= 15 is 0 Å². The van der Waals surface area contributed by atoms with E-state index in [1.165, 1.54) is 6.08 Å². The molecule has 0 fully saturated rings. The van der Waals surface area contributed by atoms with Gasteiger partial charge in [-0.1, -0.05) is 29.3 Å². The lowest BCUT2D eigenvalue weighted by Crippen LogP contribution is -2.02. The largest absolute Gasteiger partial charge is 0.496 e. The van der Waals surface area contributed by atoms with Crippen molar-refractivity contribution in [1.82, 2.24) is 9.38 Å². The molecule has 0 N–H and O–H groups in total. The molecule has 5 nitrogen and oxygen atoms in total. The standard InChI is InChI=1S/C18H14Cl2N2O3/c1-24-15-7-5-13(19)10-12(15)11-25-17(23)8-6-14-18(20)21-16-4-2-3-9-22(14)16/h2-10H,11H2,1H3/b8-6+. The number of ether oxygens (including phenoxy) is 2. The number of esters is 1. The third kappa shape index (κ3) is 3.95. The van der Waals surface area contributed by atoms with Crippen LogP contribution in [0.15, 0.2) is 48.7 Å². The maximum atomic E-state index is 12.0. The summed E-state index contributed by atoms with van der Waals surface area (Å²) in [6, 6.07) is 10.7. The second kappa shape index (κ2) is 7.59. The Kier molecular flexibility index (Phi) is 5.26. The topological polar surface area (TPSA) is 52.8 Å². The molecule has 0 aliphatic rings. The lowest BCUT2D eigenvalue weighted by molar-refractivity contribution is -0.138. The lowest BCUT2D eigenvalue weighted by atomic mass is 10.2. The number of hydrogen-bond acceptors (Lipinski definition) is 4. The van der Waals surface area contributed by atoms with Gasteiger partial charge in [-0.3, -0.25) is 4.40 Å². The van der Waals surface area contributed by atoms with Gasteiger partial charge in [-0.2, -0.15) is 0 Å². The van der Waals surface area contributed by atoms with Gasteiger partial charge in [0.25, 0.3) is 0 Å². The Morgan fingerprint density at radius 2 is 2.12 bits per heavy atom. The molecule has 0 bridgehead atoms. The molecule has 7 heteroatoms. The summed E-state index contributed by atoms with van der Waals surface area (Å²) >= 11 is 12.1. The van der Waals surface area contributed by atoms with Crippen LogP contribution in [0, 0.1) is 0 Å². The third-order valence-electron chi connectivity index (χ3n) is 3.51. The summed E-state index contributed by atoms with van der Waals surface area (Å²) in [6.45, 7) is 0.0494. The van der Waals surface area contributed by atoms with Gasteiger partial charge in [-0.05, 0) is 36.4 Å². The van der Waals surface area contributed by atoms with Gasteiger partial charge in [0.05, 0.1) is 12.8 Å². The van der Waals surface area contributed by atoms with Gasteiger partial charge < -0.3 is 9.47 Å². The van der Waals surface area contributed by atoms with Crippen molar-refractivity contribution in [2.45, 2.75) is 6.61 Å². The highest BCUT2D eigenvalue weighted by Gasteiger charge is 2.09. The van der Waals surface area contributed by atoms with E-state index in [0.717, 1.165) is 0 Å². The first-order chi connectivity index (χ1) is 12.1. The molecule has 3 rings (SSSR count). The predicted molar refractivity (Wildman–Crippen MR) is 97.0 cm³/mol. The van der Waals surface area contributed by atoms with Gasteiger partial charge >= 0.3 is 5.97 Å². The van der Waals surface area contributed by atoms with Crippen LogP contribution in [-0.2, 0) is 16.1 Å². The summed E-state index contributed by atoms with van der Waals surface area (Å²) in [7, 11) is 1.54. The van der Waals surface area contributed by atoms with Crippen molar-refractivity contribution in [1.29, 1.82) is 0 Å². The average molecular weight is 377 g/mol. The summed E-state index contributed by atoms with van der Waals surface area (Å²) in [6.07, 6.45) is 4.69. The second-order valence-electron chi connectivity index (χ2n) is 5.11. The fourth-order valence-corrected chi connectivity index (χ4v) is 2.77. The first kappa shape index (κ1) is 17.3. The first-order valence-corrected chi connectivity index (χ1v) is 8.14. The van der Waals surface area contributed by atoms with Crippen molar-refractivity contribution in [3.05, 3.63) is 70.1 Å². The quantitative estimate of drug-likeness (QED) is 0.488. The highest BCUT2D eigenvalue weighted by Crippen LogP contribution is 2.23. The van der Waals surface area contributed by atoms with Crippen molar-refractivity contribution in [3.8, 4) is 5.75 Å². The van der Waals surface area contributed by atoms with E-state index in [9.17, 15) is 4.79 Å². The molecule has 25 heavy (non-hydrogen) atoms. The Balaban J connectivity index is 1.71. The van der Waals surface area contributed by atoms with Crippen molar-refractivity contribution in [2.24, 2.45) is 0 Å². The Morgan fingerprint density at radius 1 is 1.28 bits per heavy atom. The zero-order valence-corrected chi connectivity index (χ0v) is 14.8. The SMILES string of the molecule is COc1ccc(Cl)cc1COC(=O)/C=C/c1c(Cl)nc2ccccn12. The third-order valence-corrected chi connectivity index (χ3v) is 4.02.